The SMILES string of the molecule is Cl.Cl.O=C(O)CN[C@@H](Cc1ccccc1)C(=O)Nc1cc(-c2ccncc2)ccc1F. The first-order valence-electron chi connectivity index (χ1n) is 9.03. The van der Waals surface area contributed by atoms with E-state index in [1.807, 2.05) is 30.3 Å². The molecule has 9 heteroatoms. The first-order chi connectivity index (χ1) is 14.0. The smallest absolute Gasteiger partial charge is 0.317 e. The molecule has 0 aliphatic heterocycles. The summed E-state index contributed by atoms with van der Waals surface area (Å²) in [6, 6.07) is 16.4. The number of aromatic nitrogens is 1. The van der Waals surface area contributed by atoms with Gasteiger partial charge in [-0.1, -0.05) is 36.4 Å². The van der Waals surface area contributed by atoms with Gasteiger partial charge < -0.3 is 10.4 Å². The molecule has 3 rings (SSSR count). The number of aliphatic carboxylic acids is 1. The molecular formula is C22H22Cl2FN3O3. The zero-order valence-corrected chi connectivity index (χ0v) is 18.0. The van der Waals surface area contributed by atoms with Crippen molar-refractivity contribution in [3.8, 4) is 11.1 Å². The minimum Gasteiger partial charge on any atom is -0.480 e. The average molecular weight is 466 g/mol. The van der Waals surface area contributed by atoms with Crippen LogP contribution in [0.2, 0.25) is 0 Å². The molecule has 3 N–H and O–H groups in total. The van der Waals surface area contributed by atoms with Gasteiger partial charge in [0.2, 0.25) is 5.91 Å². The molecule has 0 saturated carbocycles. The zero-order valence-electron chi connectivity index (χ0n) is 16.3. The molecule has 1 amide bonds. The highest BCUT2D eigenvalue weighted by atomic mass is 35.5. The van der Waals surface area contributed by atoms with Gasteiger partial charge in [-0.3, -0.25) is 19.9 Å². The quantitative estimate of drug-likeness (QED) is 0.468. The Morgan fingerprint density at radius 3 is 2.29 bits per heavy atom. The van der Waals surface area contributed by atoms with E-state index >= 15 is 0 Å². The van der Waals surface area contributed by atoms with Crippen molar-refractivity contribution in [1.29, 1.82) is 0 Å². The molecule has 0 aliphatic carbocycles. The van der Waals surface area contributed by atoms with Gasteiger partial charge in [-0.2, -0.15) is 0 Å². The topological polar surface area (TPSA) is 91.3 Å². The third-order valence-corrected chi connectivity index (χ3v) is 4.34. The first-order valence-corrected chi connectivity index (χ1v) is 9.03. The van der Waals surface area contributed by atoms with Gasteiger partial charge in [-0.25, -0.2) is 4.39 Å². The number of amides is 1. The van der Waals surface area contributed by atoms with Crippen molar-refractivity contribution in [2.75, 3.05) is 11.9 Å². The summed E-state index contributed by atoms with van der Waals surface area (Å²) in [6.45, 7) is -0.384. The van der Waals surface area contributed by atoms with Gasteiger partial charge in [0.1, 0.15) is 5.82 Å². The van der Waals surface area contributed by atoms with Gasteiger partial charge in [0, 0.05) is 12.4 Å². The normalized spacial score (nSPS) is 10.9. The average Bonchev–Trinajstić information content (AvgIpc) is 2.74. The Labute approximate surface area is 191 Å². The summed E-state index contributed by atoms with van der Waals surface area (Å²) >= 11 is 0. The summed E-state index contributed by atoms with van der Waals surface area (Å²) in [5, 5.41) is 14.2. The Morgan fingerprint density at radius 2 is 1.65 bits per heavy atom. The number of benzene rings is 2. The monoisotopic (exact) mass is 465 g/mol. The summed E-state index contributed by atoms with van der Waals surface area (Å²) in [4.78, 5) is 27.7. The lowest BCUT2D eigenvalue weighted by atomic mass is 10.0. The predicted molar refractivity (Wildman–Crippen MR) is 122 cm³/mol. The van der Waals surface area contributed by atoms with Crippen molar-refractivity contribution in [2.45, 2.75) is 12.5 Å². The van der Waals surface area contributed by atoms with E-state index in [1.165, 1.54) is 6.07 Å². The third kappa shape index (κ3) is 7.64. The molecular weight excluding hydrogens is 444 g/mol. The number of pyridine rings is 1. The van der Waals surface area contributed by atoms with E-state index in [9.17, 15) is 14.0 Å². The van der Waals surface area contributed by atoms with Crippen molar-refractivity contribution in [3.63, 3.8) is 0 Å². The molecule has 0 unspecified atom stereocenters. The molecule has 0 spiro atoms. The van der Waals surface area contributed by atoms with E-state index in [0.29, 0.717) is 0 Å². The van der Waals surface area contributed by atoms with Gasteiger partial charge in [-0.15, -0.1) is 24.8 Å². The number of hydrogen-bond acceptors (Lipinski definition) is 4. The van der Waals surface area contributed by atoms with E-state index in [1.54, 1.807) is 36.7 Å². The van der Waals surface area contributed by atoms with Gasteiger partial charge in [0.25, 0.3) is 0 Å². The molecule has 0 radical (unpaired) electrons. The fraction of sp³-hybridized carbons (Fsp3) is 0.136. The van der Waals surface area contributed by atoms with Crippen LogP contribution in [0, 0.1) is 5.82 Å². The number of nitrogens with zero attached hydrogens (tertiary/aromatic N) is 1. The lowest BCUT2D eigenvalue weighted by Crippen LogP contribution is -2.44. The van der Waals surface area contributed by atoms with Crippen molar-refractivity contribution in [3.05, 3.63) is 84.4 Å². The van der Waals surface area contributed by atoms with E-state index in [0.717, 1.165) is 16.7 Å². The molecule has 0 bridgehead atoms. The van der Waals surface area contributed by atoms with Crippen molar-refractivity contribution in [2.24, 2.45) is 0 Å². The number of hydrogen-bond donors (Lipinski definition) is 3. The van der Waals surface area contributed by atoms with Crippen LogP contribution in [0.4, 0.5) is 10.1 Å². The van der Waals surface area contributed by atoms with Crippen LogP contribution in [0.3, 0.4) is 0 Å². The van der Waals surface area contributed by atoms with Crippen LogP contribution in [0.5, 0.6) is 0 Å². The minimum absolute atomic E-state index is 0. The maximum absolute atomic E-state index is 14.3. The third-order valence-electron chi connectivity index (χ3n) is 4.34. The maximum Gasteiger partial charge on any atom is 0.317 e. The van der Waals surface area contributed by atoms with Crippen LogP contribution in [-0.4, -0.2) is 34.6 Å². The number of carboxylic acid groups (broad SMARTS) is 1. The molecule has 2 aromatic carbocycles. The summed E-state index contributed by atoms with van der Waals surface area (Å²) in [5.74, 6) is -2.17. The molecule has 3 aromatic rings. The number of rotatable bonds is 8. The summed E-state index contributed by atoms with van der Waals surface area (Å²) < 4.78 is 14.3. The summed E-state index contributed by atoms with van der Waals surface area (Å²) in [5.41, 5.74) is 2.44. The first kappa shape index (κ1) is 26.0. The Bertz CT molecular complexity index is 992. The Hall–Kier alpha value is -3.00. The molecule has 1 aromatic heterocycles. The molecule has 6 nitrogen and oxygen atoms in total. The summed E-state index contributed by atoms with van der Waals surface area (Å²) in [7, 11) is 0. The van der Waals surface area contributed by atoms with E-state index in [4.69, 9.17) is 5.11 Å². The number of carbonyl (C=O) groups is 2. The molecule has 0 fully saturated rings. The van der Waals surface area contributed by atoms with Gasteiger partial charge in [-0.05, 0) is 47.4 Å². The number of anilines is 1. The molecule has 31 heavy (non-hydrogen) atoms. The van der Waals surface area contributed by atoms with Crippen LogP contribution in [0.1, 0.15) is 5.56 Å². The lowest BCUT2D eigenvalue weighted by molar-refractivity contribution is -0.136. The predicted octanol–water partition coefficient (Wildman–Crippen LogP) is 3.96. The Kier molecular flexibility index (Phi) is 10.6. The highest BCUT2D eigenvalue weighted by molar-refractivity contribution is 5.96. The van der Waals surface area contributed by atoms with Crippen LogP contribution >= 0.6 is 24.8 Å². The second-order valence-electron chi connectivity index (χ2n) is 6.44. The highest BCUT2D eigenvalue weighted by Crippen LogP contribution is 2.24. The van der Waals surface area contributed by atoms with Crippen LogP contribution in [0.25, 0.3) is 11.1 Å². The van der Waals surface area contributed by atoms with E-state index in [2.05, 4.69) is 15.6 Å². The molecule has 1 heterocycles. The second kappa shape index (κ2) is 12.6. The van der Waals surface area contributed by atoms with Gasteiger partial charge in [0.05, 0.1) is 18.3 Å². The zero-order chi connectivity index (χ0) is 20.6. The van der Waals surface area contributed by atoms with Crippen LogP contribution in [0.15, 0.2) is 73.1 Å². The molecule has 1 atom stereocenters. The van der Waals surface area contributed by atoms with Crippen molar-refractivity contribution < 1.29 is 19.1 Å². The number of nitrogens with one attached hydrogen (secondary N) is 2. The molecule has 0 saturated heterocycles. The summed E-state index contributed by atoms with van der Waals surface area (Å²) in [6.07, 6.45) is 3.52. The number of carboxylic acids is 1. The lowest BCUT2D eigenvalue weighted by Gasteiger charge is -2.18. The van der Waals surface area contributed by atoms with Gasteiger partial charge in [0.15, 0.2) is 0 Å². The largest absolute Gasteiger partial charge is 0.480 e. The van der Waals surface area contributed by atoms with E-state index < -0.39 is 23.7 Å². The number of halogens is 3. The fourth-order valence-corrected chi connectivity index (χ4v) is 2.88. The van der Waals surface area contributed by atoms with Crippen LogP contribution in [-0.2, 0) is 16.0 Å². The molecule has 164 valence electrons. The second-order valence-corrected chi connectivity index (χ2v) is 6.44. The highest BCUT2D eigenvalue weighted by Gasteiger charge is 2.21. The maximum atomic E-state index is 14.3. The Morgan fingerprint density at radius 1 is 0.968 bits per heavy atom. The fourth-order valence-electron chi connectivity index (χ4n) is 2.88. The van der Waals surface area contributed by atoms with Gasteiger partial charge >= 0.3 is 5.97 Å². The van der Waals surface area contributed by atoms with Crippen molar-refractivity contribution in [1.82, 2.24) is 10.3 Å². The molecule has 0 aliphatic rings. The van der Waals surface area contributed by atoms with Crippen molar-refractivity contribution >= 4 is 42.4 Å². The van der Waals surface area contributed by atoms with E-state index in [-0.39, 0.29) is 43.5 Å². The van der Waals surface area contributed by atoms with Crippen LogP contribution < -0.4 is 10.6 Å². The number of carbonyl (C=O) groups excluding carboxylic acids is 1. The standard InChI is InChI=1S/C22H20FN3O3.2ClH/c23-18-7-6-17(16-8-10-24-11-9-16)13-19(18)26-22(29)20(25-14-21(27)28)12-15-4-2-1-3-5-15;;/h1-11,13,20,25H,12,14H2,(H,26,29)(H,27,28);2*1H/t20-;;/m0../s1. The minimum atomic E-state index is -1.08. The Balaban J connectivity index is 0.00000240.